The molecule has 7 heteroatoms. The third kappa shape index (κ3) is 4.31. The third-order valence-corrected chi connectivity index (χ3v) is 4.09. The van der Waals surface area contributed by atoms with Gasteiger partial charge >= 0.3 is 0 Å². The van der Waals surface area contributed by atoms with E-state index in [2.05, 4.69) is 15.1 Å². The summed E-state index contributed by atoms with van der Waals surface area (Å²) in [6.07, 6.45) is 1.00. The van der Waals surface area contributed by atoms with Crippen molar-refractivity contribution in [2.45, 2.75) is 19.1 Å². The highest BCUT2D eigenvalue weighted by atomic mass is 16.5. The number of β-amino-alcohol motifs (C(OH)–C–C–N with tert-alkyl or cyclic N) is 1. The third-order valence-electron chi connectivity index (χ3n) is 4.09. The summed E-state index contributed by atoms with van der Waals surface area (Å²) in [5.41, 5.74) is 1.14. The average molecular weight is 332 g/mol. The van der Waals surface area contributed by atoms with Crippen molar-refractivity contribution in [2.75, 3.05) is 32.8 Å². The molecule has 1 aliphatic heterocycles. The molecule has 24 heavy (non-hydrogen) atoms. The van der Waals surface area contributed by atoms with Crippen LogP contribution in [0, 0.1) is 6.92 Å². The summed E-state index contributed by atoms with van der Waals surface area (Å²) in [7, 11) is 1.90. The molecule has 1 aromatic carbocycles. The highest BCUT2D eigenvalue weighted by Gasteiger charge is 2.26. The molecule has 0 aliphatic carbocycles. The highest BCUT2D eigenvalue weighted by molar-refractivity contribution is 5.27. The Morgan fingerprint density at radius 1 is 1.46 bits per heavy atom. The van der Waals surface area contributed by atoms with Crippen LogP contribution in [-0.2, 0) is 11.8 Å². The first kappa shape index (κ1) is 16.9. The van der Waals surface area contributed by atoms with Gasteiger partial charge in [-0.25, -0.2) is 0 Å². The fraction of sp³-hybridized carbons (Fsp3) is 0.529. The number of hydrogen-bond donors (Lipinski definition) is 1. The second-order valence-corrected chi connectivity index (χ2v) is 6.20. The van der Waals surface area contributed by atoms with E-state index in [0.717, 1.165) is 23.7 Å². The minimum absolute atomic E-state index is 0.115. The predicted octanol–water partition coefficient (Wildman–Crippen LogP) is 0.937. The van der Waals surface area contributed by atoms with Crippen LogP contribution in [0.2, 0.25) is 0 Å². The van der Waals surface area contributed by atoms with E-state index < -0.39 is 6.10 Å². The van der Waals surface area contributed by atoms with Gasteiger partial charge in [0.25, 0.3) is 0 Å². The Balaban J connectivity index is 1.49. The Bertz CT molecular complexity index is 661. The van der Waals surface area contributed by atoms with E-state index in [9.17, 15) is 5.11 Å². The van der Waals surface area contributed by atoms with Gasteiger partial charge in [0.05, 0.1) is 6.61 Å². The standard InChI is InChI=1S/C17H24N4O3/c1-13-4-3-5-15(8-13)24-11-14(22)9-21-6-7-23-16(10-21)17-19-18-12-20(17)2/h3-5,8,12,14,16,22H,6-7,9-11H2,1-2H3/t14-,16-/m0/s1. The van der Waals surface area contributed by atoms with Gasteiger partial charge in [-0.2, -0.15) is 0 Å². The molecule has 2 aromatic rings. The molecule has 2 atom stereocenters. The largest absolute Gasteiger partial charge is 0.491 e. The van der Waals surface area contributed by atoms with Crippen molar-refractivity contribution in [1.29, 1.82) is 0 Å². The zero-order valence-electron chi connectivity index (χ0n) is 14.1. The fourth-order valence-electron chi connectivity index (χ4n) is 2.86. The van der Waals surface area contributed by atoms with E-state index >= 15 is 0 Å². The quantitative estimate of drug-likeness (QED) is 0.849. The van der Waals surface area contributed by atoms with Crippen LogP contribution < -0.4 is 4.74 Å². The summed E-state index contributed by atoms with van der Waals surface area (Å²) in [5.74, 6) is 1.60. The minimum atomic E-state index is -0.552. The van der Waals surface area contributed by atoms with E-state index in [-0.39, 0.29) is 12.7 Å². The molecule has 1 fully saturated rings. The van der Waals surface area contributed by atoms with Crippen LogP contribution in [0.5, 0.6) is 5.75 Å². The smallest absolute Gasteiger partial charge is 0.163 e. The number of ether oxygens (including phenoxy) is 2. The van der Waals surface area contributed by atoms with Gasteiger partial charge in [-0.15, -0.1) is 10.2 Å². The van der Waals surface area contributed by atoms with Gasteiger partial charge in [0.1, 0.15) is 30.9 Å². The molecule has 0 spiro atoms. The van der Waals surface area contributed by atoms with E-state index in [1.807, 2.05) is 42.8 Å². The second kappa shape index (κ2) is 7.74. The second-order valence-electron chi connectivity index (χ2n) is 6.20. The fourth-order valence-corrected chi connectivity index (χ4v) is 2.86. The average Bonchev–Trinajstić information content (AvgIpc) is 2.99. The number of rotatable bonds is 6. The lowest BCUT2D eigenvalue weighted by molar-refractivity contribution is -0.0506. The highest BCUT2D eigenvalue weighted by Crippen LogP contribution is 2.20. The maximum atomic E-state index is 10.3. The molecule has 1 N–H and O–H groups in total. The number of aliphatic hydroxyl groups is 1. The lowest BCUT2D eigenvalue weighted by Crippen LogP contribution is -2.44. The summed E-state index contributed by atoms with van der Waals surface area (Å²) in [5, 5.41) is 18.3. The maximum absolute atomic E-state index is 10.3. The van der Waals surface area contributed by atoms with Crippen LogP contribution in [0.3, 0.4) is 0 Å². The summed E-state index contributed by atoms with van der Waals surface area (Å²) < 4.78 is 13.3. The molecular weight excluding hydrogens is 308 g/mol. The molecule has 1 aliphatic rings. The SMILES string of the molecule is Cc1cccc(OC[C@@H](O)CN2CCO[C@H](c3nncn3C)C2)c1. The van der Waals surface area contributed by atoms with Crippen molar-refractivity contribution in [2.24, 2.45) is 7.05 Å². The summed E-state index contributed by atoms with van der Waals surface area (Å²) >= 11 is 0. The molecule has 0 unspecified atom stereocenters. The predicted molar refractivity (Wildman–Crippen MR) is 88.8 cm³/mol. The van der Waals surface area contributed by atoms with Crippen molar-refractivity contribution >= 4 is 0 Å². The molecule has 0 amide bonds. The van der Waals surface area contributed by atoms with Gasteiger partial charge in [0.15, 0.2) is 5.82 Å². The Morgan fingerprint density at radius 3 is 3.08 bits per heavy atom. The first-order valence-electron chi connectivity index (χ1n) is 8.17. The van der Waals surface area contributed by atoms with Crippen LogP contribution in [0.1, 0.15) is 17.5 Å². The summed E-state index contributed by atoms with van der Waals surface area (Å²) in [4.78, 5) is 2.17. The topological polar surface area (TPSA) is 72.6 Å². The summed E-state index contributed by atoms with van der Waals surface area (Å²) in [6.45, 7) is 4.93. The van der Waals surface area contributed by atoms with E-state index in [1.54, 1.807) is 6.33 Å². The molecule has 3 rings (SSSR count). The zero-order valence-corrected chi connectivity index (χ0v) is 14.1. The van der Waals surface area contributed by atoms with Gasteiger partial charge in [0, 0.05) is 26.7 Å². The monoisotopic (exact) mass is 332 g/mol. The van der Waals surface area contributed by atoms with Crippen molar-refractivity contribution in [3.8, 4) is 5.75 Å². The molecule has 0 bridgehead atoms. The molecule has 130 valence electrons. The first-order valence-corrected chi connectivity index (χ1v) is 8.17. The van der Waals surface area contributed by atoms with Crippen molar-refractivity contribution in [1.82, 2.24) is 19.7 Å². The molecule has 0 saturated carbocycles. The molecule has 1 saturated heterocycles. The van der Waals surface area contributed by atoms with Gasteiger partial charge in [-0.3, -0.25) is 4.90 Å². The zero-order chi connectivity index (χ0) is 16.9. The Hall–Kier alpha value is -1.96. The van der Waals surface area contributed by atoms with E-state index in [0.29, 0.717) is 19.7 Å². The van der Waals surface area contributed by atoms with Gasteiger partial charge in [0.2, 0.25) is 0 Å². The molecule has 0 radical (unpaired) electrons. The lowest BCUT2D eigenvalue weighted by Gasteiger charge is -2.33. The van der Waals surface area contributed by atoms with Gasteiger partial charge in [-0.1, -0.05) is 12.1 Å². The first-order chi connectivity index (χ1) is 11.6. The molecule has 7 nitrogen and oxygen atoms in total. The number of aromatic nitrogens is 3. The van der Waals surface area contributed by atoms with E-state index in [1.165, 1.54) is 0 Å². The Morgan fingerprint density at radius 2 is 2.33 bits per heavy atom. The van der Waals surface area contributed by atoms with Crippen LogP contribution in [0.4, 0.5) is 0 Å². The van der Waals surface area contributed by atoms with Crippen molar-refractivity contribution in [3.05, 3.63) is 42.0 Å². The van der Waals surface area contributed by atoms with Crippen LogP contribution in [0.15, 0.2) is 30.6 Å². The number of hydrogen-bond acceptors (Lipinski definition) is 6. The number of morpholine rings is 1. The van der Waals surface area contributed by atoms with Crippen LogP contribution in [-0.4, -0.2) is 63.7 Å². The maximum Gasteiger partial charge on any atom is 0.163 e. The van der Waals surface area contributed by atoms with E-state index in [4.69, 9.17) is 9.47 Å². The molecule has 1 aromatic heterocycles. The van der Waals surface area contributed by atoms with Crippen LogP contribution >= 0.6 is 0 Å². The number of nitrogens with zero attached hydrogens (tertiary/aromatic N) is 4. The lowest BCUT2D eigenvalue weighted by atomic mass is 10.2. The number of aryl methyl sites for hydroxylation is 2. The number of aliphatic hydroxyl groups excluding tert-OH is 1. The molecular formula is C17H24N4O3. The molecule has 2 heterocycles. The Labute approximate surface area is 141 Å². The van der Waals surface area contributed by atoms with Crippen molar-refractivity contribution in [3.63, 3.8) is 0 Å². The number of benzene rings is 1. The van der Waals surface area contributed by atoms with Gasteiger partial charge in [-0.05, 0) is 24.6 Å². The van der Waals surface area contributed by atoms with Gasteiger partial charge < -0.3 is 19.1 Å². The minimum Gasteiger partial charge on any atom is -0.491 e. The normalized spacial score (nSPS) is 20.0. The van der Waals surface area contributed by atoms with Crippen molar-refractivity contribution < 1.29 is 14.6 Å². The Kier molecular flexibility index (Phi) is 5.44. The summed E-state index contributed by atoms with van der Waals surface area (Å²) in [6, 6.07) is 7.83. The van der Waals surface area contributed by atoms with Crippen LogP contribution in [0.25, 0.3) is 0 Å².